The van der Waals surface area contributed by atoms with Gasteiger partial charge in [0.1, 0.15) is 11.4 Å². The minimum atomic E-state index is -0.205. The number of hydrogen-bond donors (Lipinski definition) is 0. The first-order valence-electron chi connectivity index (χ1n) is 8.42. The Morgan fingerprint density at radius 3 is 2.65 bits per heavy atom. The van der Waals surface area contributed by atoms with Crippen LogP contribution < -0.4 is 5.56 Å². The van der Waals surface area contributed by atoms with E-state index >= 15 is 0 Å². The molecule has 1 saturated heterocycles. The first kappa shape index (κ1) is 16.5. The third-order valence-electron chi connectivity index (χ3n) is 4.65. The highest BCUT2D eigenvalue weighted by atomic mass is 32.1. The summed E-state index contributed by atoms with van der Waals surface area (Å²) in [6, 6.07) is 9.19. The van der Waals surface area contributed by atoms with Gasteiger partial charge in [0.05, 0.1) is 23.3 Å². The fourth-order valence-electron chi connectivity index (χ4n) is 3.23. The highest BCUT2D eigenvalue weighted by molar-refractivity contribution is 7.17. The molecule has 0 saturated carbocycles. The Morgan fingerprint density at radius 1 is 1.23 bits per heavy atom. The lowest BCUT2D eigenvalue weighted by Gasteiger charge is -2.15. The number of nitrogens with zero attached hydrogens (tertiary/aromatic N) is 4. The zero-order chi connectivity index (χ0) is 18.1. The average molecular weight is 364 g/mol. The molecule has 0 radical (unpaired) electrons. The first-order chi connectivity index (χ1) is 12.7. The lowest BCUT2D eigenvalue weighted by molar-refractivity contribution is -0.130. The van der Waals surface area contributed by atoms with Crippen LogP contribution in [-0.2, 0) is 11.3 Å². The molecule has 4 rings (SSSR count). The Labute approximate surface area is 153 Å². The third-order valence-corrected chi connectivity index (χ3v) is 5.54. The number of carbonyl (C=O) groups is 1. The second kappa shape index (κ2) is 6.73. The molecule has 1 aliphatic heterocycles. The number of rotatable bonds is 3. The van der Waals surface area contributed by atoms with E-state index in [1.165, 1.54) is 22.2 Å². The topological polar surface area (TPSA) is 79.0 Å². The normalized spacial score (nSPS) is 13.9. The maximum Gasteiger partial charge on any atom is 0.263 e. The molecule has 0 atom stereocenters. The Morgan fingerprint density at radius 2 is 1.96 bits per heavy atom. The van der Waals surface area contributed by atoms with Crippen molar-refractivity contribution in [2.24, 2.45) is 0 Å². The first-order valence-corrected chi connectivity index (χ1v) is 9.30. The number of hydrogen-bond acceptors (Lipinski definition) is 5. The zero-order valence-electron chi connectivity index (χ0n) is 14.0. The fourth-order valence-corrected chi connectivity index (χ4v) is 4.14. The van der Waals surface area contributed by atoms with Crippen LogP contribution in [0.4, 0.5) is 0 Å². The number of thiophene rings is 1. The molecular weight excluding hydrogens is 348 g/mol. The van der Waals surface area contributed by atoms with E-state index in [-0.39, 0.29) is 18.0 Å². The van der Waals surface area contributed by atoms with Gasteiger partial charge in [-0.2, -0.15) is 5.26 Å². The number of aromatic nitrogens is 2. The number of benzene rings is 1. The van der Waals surface area contributed by atoms with Crippen molar-refractivity contribution in [2.45, 2.75) is 19.4 Å². The highest BCUT2D eigenvalue weighted by Crippen LogP contribution is 2.30. The predicted octanol–water partition coefficient (Wildman–Crippen LogP) is 2.62. The molecule has 0 bridgehead atoms. The van der Waals surface area contributed by atoms with Crippen molar-refractivity contribution in [3.63, 3.8) is 0 Å². The molecule has 1 aromatic carbocycles. The Balaban J connectivity index is 1.73. The van der Waals surface area contributed by atoms with Crippen molar-refractivity contribution < 1.29 is 4.79 Å². The smallest absolute Gasteiger partial charge is 0.263 e. The summed E-state index contributed by atoms with van der Waals surface area (Å²) >= 11 is 1.40. The molecule has 1 amide bonds. The molecule has 3 aromatic rings. The van der Waals surface area contributed by atoms with Gasteiger partial charge in [0.15, 0.2) is 0 Å². The van der Waals surface area contributed by atoms with E-state index in [0.717, 1.165) is 37.1 Å². The number of likely N-dealkylation sites (tertiary alicyclic amines) is 1. The second-order valence-corrected chi connectivity index (χ2v) is 7.14. The highest BCUT2D eigenvalue weighted by Gasteiger charge is 2.20. The van der Waals surface area contributed by atoms with Crippen molar-refractivity contribution >= 4 is 27.5 Å². The molecule has 26 heavy (non-hydrogen) atoms. The van der Waals surface area contributed by atoms with Crippen LogP contribution in [-0.4, -0.2) is 33.4 Å². The summed E-state index contributed by atoms with van der Waals surface area (Å²) in [6.07, 6.45) is 3.49. The molecule has 130 valence electrons. The van der Waals surface area contributed by atoms with E-state index in [1.54, 1.807) is 17.0 Å². The van der Waals surface area contributed by atoms with E-state index in [9.17, 15) is 9.59 Å². The zero-order valence-corrected chi connectivity index (χ0v) is 14.8. The molecule has 3 heterocycles. The van der Waals surface area contributed by atoms with Crippen LogP contribution in [0.3, 0.4) is 0 Å². The largest absolute Gasteiger partial charge is 0.341 e. The minimum Gasteiger partial charge on any atom is -0.341 e. The van der Waals surface area contributed by atoms with Crippen LogP contribution in [0.1, 0.15) is 18.4 Å². The molecule has 1 fully saturated rings. The van der Waals surface area contributed by atoms with Crippen molar-refractivity contribution in [1.29, 1.82) is 5.26 Å². The van der Waals surface area contributed by atoms with Gasteiger partial charge in [0, 0.05) is 24.0 Å². The lowest BCUT2D eigenvalue weighted by Crippen LogP contribution is -2.34. The van der Waals surface area contributed by atoms with Gasteiger partial charge in [0.2, 0.25) is 5.91 Å². The molecular formula is C19H16N4O2S. The van der Waals surface area contributed by atoms with E-state index in [4.69, 9.17) is 5.26 Å². The number of fused-ring (bicyclic) bond motifs is 1. The van der Waals surface area contributed by atoms with Crippen molar-refractivity contribution in [3.8, 4) is 17.2 Å². The standard InChI is InChI=1S/C19H16N4O2S/c20-9-13-3-5-14(6-4-13)15-11-26-18-17(15)19(25)23(12-21-18)10-16(24)22-7-1-2-8-22/h3-6,11-12H,1-2,7-8,10H2. The van der Waals surface area contributed by atoms with Crippen LogP contribution in [0.25, 0.3) is 21.3 Å². The van der Waals surface area contributed by atoms with Crippen molar-refractivity contribution in [2.75, 3.05) is 13.1 Å². The Bertz CT molecular complexity index is 1070. The van der Waals surface area contributed by atoms with Gasteiger partial charge in [-0.1, -0.05) is 12.1 Å². The Hall–Kier alpha value is -2.98. The van der Waals surface area contributed by atoms with Gasteiger partial charge in [-0.15, -0.1) is 11.3 Å². The lowest BCUT2D eigenvalue weighted by atomic mass is 10.0. The van der Waals surface area contributed by atoms with Gasteiger partial charge in [-0.25, -0.2) is 4.98 Å². The molecule has 0 N–H and O–H groups in total. The van der Waals surface area contributed by atoms with Crippen LogP contribution in [0.5, 0.6) is 0 Å². The maximum absolute atomic E-state index is 13.0. The fraction of sp³-hybridized carbons (Fsp3) is 0.263. The predicted molar refractivity (Wildman–Crippen MR) is 99.8 cm³/mol. The molecule has 0 unspecified atom stereocenters. The monoisotopic (exact) mass is 364 g/mol. The molecule has 7 heteroatoms. The summed E-state index contributed by atoms with van der Waals surface area (Å²) in [4.78, 5) is 32.2. The number of carbonyl (C=O) groups excluding carboxylic acids is 1. The van der Waals surface area contributed by atoms with Gasteiger partial charge < -0.3 is 4.90 Å². The maximum atomic E-state index is 13.0. The van der Waals surface area contributed by atoms with E-state index in [2.05, 4.69) is 11.1 Å². The summed E-state index contributed by atoms with van der Waals surface area (Å²) < 4.78 is 1.39. The van der Waals surface area contributed by atoms with Gasteiger partial charge in [0.25, 0.3) is 5.56 Å². The third kappa shape index (κ3) is 2.89. The van der Waals surface area contributed by atoms with Crippen molar-refractivity contribution in [1.82, 2.24) is 14.5 Å². The SMILES string of the molecule is N#Cc1ccc(-c2csc3ncn(CC(=O)N4CCCC4)c(=O)c23)cc1. The van der Waals surface area contributed by atoms with Crippen molar-refractivity contribution in [3.05, 3.63) is 51.9 Å². The van der Waals surface area contributed by atoms with Gasteiger partial charge in [-0.3, -0.25) is 14.2 Å². The molecule has 2 aromatic heterocycles. The number of amides is 1. The molecule has 0 spiro atoms. The average Bonchev–Trinajstić information content (AvgIpc) is 3.34. The van der Waals surface area contributed by atoms with Crippen LogP contribution in [0, 0.1) is 11.3 Å². The van der Waals surface area contributed by atoms with Crippen LogP contribution >= 0.6 is 11.3 Å². The summed E-state index contributed by atoms with van der Waals surface area (Å²) in [5, 5.41) is 11.4. The second-order valence-electron chi connectivity index (χ2n) is 6.28. The summed E-state index contributed by atoms with van der Waals surface area (Å²) in [5.41, 5.74) is 2.01. The van der Waals surface area contributed by atoms with Gasteiger partial charge >= 0.3 is 0 Å². The molecule has 0 aliphatic carbocycles. The van der Waals surface area contributed by atoms with Crippen LogP contribution in [0.15, 0.2) is 40.8 Å². The summed E-state index contributed by atoms with van der Waals surface area (Å²) in [7, 11) is 0. The summed E-state index contributed by atoms with van der Waals surface area (Å²) in [5.74, 6) is -0.0408. The van der Waals surface area contributed by atoms with Crippen LogP contribution in [0.2, 0.25) is 0 Å². The number of nitriles is 1. The summed E-state index contributed by atoms with van der Waals surface area (Å²) in [6.45, 7) is 1.54. The van der Waals surface area contributed by atoms with E-state index < -0.39 is 0 Å². The van der Waals surface area contributed by atoms with Gasteiger partial charge in [-0.05, 0) is 30.5 Å². The Kier molecular flexibility index (Phi) is 4.27. The van der Waals surface area contributed by atoms with E-state index in [0.29, 0.717) is 15.8 Å². The molecule has 6 nitrogen and oxygen atoms in total. The van der Waals surface area contributed by atoms with E-state index in [1.807, 2.05) is 17.5 Å². The quantitative estimate of drug-likeness (QED) is 0.716. The molecule has 1 aliphatic rings. The minimum absolute atomic E-state index is 0.0183.